The summed E-state index contributed by atoms with van der Waals surface area (Å²) in [6, 6.07) is 0. The lowest BCUT2D eigenvalue weighted by Crippen LogP contribution is -2.00. The van der Waals surface area contributed by atoms with Crippen LogP contribution in [0.1, 0.15) is 19.8 Å². The summed E-state index contributed by atoms with van der Waals surface area (Å²) >= 11 is 0. The lowest BCUT2D eigenvalue weighted by molar-refractivity contribution is -0.132. The monoisotopic (exact) mass is 183 g/mol. The van der Waals surface area contributed by atoms with E-state index in [1.54, 1.807) is 19.1 Å². The van der Waals surface area contributed by atoms with E-state index in [0.29, 0.717) is 18.4 Å². The summed E-state index contributed by atoms with van der Waals surface area (Å²) in [5.41, 5.74) is 1.27. The topological polar surface area (TPSA) is 72.3 Å². The van der Waals surface area contributed by atoms with Crippen molar-refractivity contribution in [1.82, 2.24) is 6.15 Å². The van der Waals surface area contributed by atoms with Gasteiger partial charge in [-0.3, -0.25) is 0 Å². The SMILES string of the molecule is C=CCC(CC=C)=C(C)C(=O)O.N. The van der Waals surface area contributed by atoms with Crippen LogP contribution in [0, 0.1) is 0 Å². The Labute approximate surface area is 79.0 Å². The molecule has 0 aliphatic carbocycles. The highest BCUT2D eigenvalue weighted by Gasteiger charge is 2.05. The predicted molar refractivity (Wildman–Crippen MR) is 55.0 cm³/mol. The number of rotatable bonds is 5. The number of aliphatic carboxylic acids is 1. The summed E-state index contributed by atoms with van der Waals surface area (Å²) in [5.74, 6) is -0.867. The second-order valence-electron chi connectivity index (χ2n) is 2.52. The normalized spacial score (nSPS) is 8.08. The Bertz CT molecular complexity index is 217. The minimum absolute atomic E-state index is 0. The fourth-order valence-corrected chi connectivity index (χ4v) is 0.889. The molecule has 0 heterocycles. The van der Waals surface area contributed by atoms with Crippen LogP contribution in [0.2, 0.25) is 0 Å². The lowest BCUT2D eigenvalue weighted by atomic mass is 10.0. The van der Waals surface area contributed by atoms with Gasteiger partial charge in [-0.1, -0.05) is 17.7 Å². The Hall–Kier alpha value is -1.35. The second-order valence-corrected chi connectivity index (χ2v) is 2.52. The number of hydrogen-bond donors (Lipinski definition) is 2. The highest BCUT2D eigenvalue weighted by atomic mass is 16.4. The van der Waals surface area contributed by atoms with Gasteiger partial charge in [-0.05, 0) is 19.8 Å². The minimum Gasteiger partial charge on any atom is -0.478 e. The van der Waals surface area contributed by atoms with Gasteiger partial charge in [-0.15, -0.1) is 13.2 Å². The van der Waals surface area contributed by atoms with E-state index in [1.807, 2.05) is 0 Å². The average Bonchev–Trinajstić information content (AvgIpc) is 2.03. The van der Waals surface area contributed by atoms with Gasteiger partial charge in [0.2, 0.25) is 0 Å². The van der Waals surface area contributed by atoms with Crippen LogP contribution in [-0.4, -0.2) is 11.1 Å². The molecule has 0 radical (unpaired) electrons. The van der Waals surface area contributed by atoms with Crippen LogP contribution in [0.4, 0.5) is 0 Å². The molecule has 0 aromatic heterocycles. The highest BCUT2D eigenvalue weighted by Crippen LogP contribution is 2.14. The van der Waals surface area contributed by atoms with Gasteiger partial charge < -0.3 is 11.3 Å². The van der Waals surface area contributed by atoms with E-state index in [2.05, 4.69) is 13.2 Å². The Balaban J connectivity index is 0. The molecule has 0 saturated heterocycles. The van der Waals surface area contributed by atoms with Crippen molar-refractivity contribution < 1.29 is 9.90 Å². The number of carboxylic acid groups (broad SMARTS) is 1. The molecule has 13 heavy (non-hydrogen) atoms. The van der Waals surface area contributed by atoms with Gasteiger partial charge in [0.05, 0.1) is 0 Å². The molecule has 4 N–H and O–H groups in total. The van der Waals surface area contributed by atoms with Gasteiger partial charge in [0.25, 0.3) is 0 Å². The summed E-state index contributed by atoms with van der Waals surface area (Å²) in [6.45, 7) is 8.73. The number of carboxylic acids is 1. The molecular formula is C10H17NO2. The lowest BCUT2D eigenvalue weighted by Gasteiger charge is -2.03. The van der Waals surface area contributed by atoms with Crippen molar-refractivity contribution in [2.45, 2.75) is 19.8 Å². The quantitative estimate of drug-likeness (QED) is 0.508. The van der Waals surface area contributed by atoms with Gasteiger partial charge in [0.15, 0.2) is 0 Å². The molecule has 3 nitrogen and oxygen atoms in total. The minimum atomic E-state index is -0.867. The Morgan fingerprint density at radius 2 is 1.69 bits per heavy atom. The maximum absolute atomic E-state index is 10.6. The van der Waals surface area contributed by atoms with Crippen molar-refractivity contribution in [1.29, 1.82) is 0 Å². The van der Waals surface area contributed by atoms with E-state index in [9.17, 15) is 4.79 Å². The van der Waals surface area contributed by atoms with Crippen LogP contribution < -0.4 is 6.15 Å². The van der Waals surface area contributed by atoms with E-state index >= 15 is 0 Å². The molecule has 0 aromatic carbocycles. The van der Waals surface area contributed by atoms with E-state index in [0.717, 1.165) is 5.57 Å². The van der Waals surface area contributed by atoms with Crippen LogP contribution in [0.3, 0.4) is 0 Å². The maximum atomic E-state index is 10.6. The molecule has 0 rings (SSSR count). The summed E-state index contributed by atoms with van der Waals surface area (Å²) < 4.78 is 0. The number of allylic oxidation sites excluding steroid dienone is 3. The first kappa shape index (κ1) is 14.2. The predicted octanol–water partition coefficient (Wildman–Crippen LogP) is 2.70. The fraction of sp³-hybridized carbons (Fsp3) is 0.300. The molecule has 0 saturated carbocycles. The van der Waals surface area contributed by atoms with Crippen molar-refractivity contribution in [3.63, 3.8) is 0 Å². The van der Waals surface area contributed by atoms with Crippen molar-refractivity contribution in [3.05, 3.63) is 36.5 Å². The summed E-state index contributed by atoms with van der Waals surface area (Å²) in [7, 11) is 0. The van der Waals surface area contributed by atoms with E-state index in [1.165, 1.54) is 0 Å². The molecule has 0 atom stereocenters. The Morgan fingerprint density at radius 1 is 1.31 bits per heavy atom. The van der Waals surface area contributed by atoms with Gasteiger partial charge in [0.1, 0.15) is 0 Å². The first-order valence-electron chi connectivity index (χ1n) is 3.77. The smallest absolute Gasteiger partial charge is 0.331 e. The molecule has 3 heteroatoms. The maximum Gasteiger partial charge on any atom is 0.331 e. The molecule has 0 aliphatic rings. The van der Waals surface area contributed by atoms with Crippen LogP contribution in [0.25, 0.3) is 0 Å². The van der Waals surface area contributed by atoms with Gasteiger partial charge in [-0.2, -0.15) is 0 Å². The average molecular weight is 183 g/mol. The molecule has 0 fully saturated rings. The summed E-state index contributed by atoms with van der Waals surface area (Å²) in [4.78, 5) is 10.6. The first-order valence-corrected chi connectivity index (χ1v) is 3.77. The van der Waals surface area contributed by atoms with Gasteiger partial charge in [-0.25, -0.2) is 4.79 Å². The third-order valence-electron chi connectivity index (χ3n) is 1.63. The molecule has 0 aromatic rings. The zero-order valence-corrected chi connectivity index (χ0v) is 8.05. The zero-order valence-electron chi connectivity index (χ0n) is 8.05. The summed E-state index contributed by atoms with van der Waals surface area (Å²) in [5, 5.41) is 8.68. The van der Waals surface area contributed by atoms with E-state index in [4.69, 9.17) is 5.11 Å². The molecule has 0 aliphatic heterocycles. The second kappa shape index (κ2) is 7.31. The molecular weight excluding hydrogens is 166 g/mol. The summed E-state index contributed by atoms with van der Waals surface area (Å²) in [6.07, 6.45) is 4.63. The van der Waals surface area contributed by atoms with Crippen molar-refractivity contribution >= 4 is 5.97 Å². The van der Waals surface area contributed by atoms with Crippen molar-refractivity contribution in [2.75, 3.05) is 0 Å². The molecule has 0 amide bonds. The number of carbonyl (C=O) groups is 1. The van der Waals surface area contributed by atoms with Crippen molar-refractivity contribution in [2.24, 2.45) is 0 Å². The zero-order chi connectivity index (χ0) is 9.56. The first-order chi connectivity index (χ1) is 5.63. The molecule has 0 unspecified atom stereocenters. The third-order valence-corrected chi connectivity index (χ3v) is 1.63. The van der Waals surface area contributed by atoms with Crippen molar-refractivity contribution in [3.8, 4) is 0 Å². The van der Waals surface area contributed by atoms with E-state index in [-0.39, 0.29) is 6.15 Å². The molecule has 74 valence electrons. The van der Waals surface area contributed by atoms with Crippen LogP contribution in [-0.2, 0) is 4.79 Å². The largest absolute Gasteiger partial charge is 0.478 e. The molecule has 0 bridgehead atoms. The van der Waals surface area contributed by atoms with Gasteiger partial charge >= 0.3 is 5.97 Å². The van der Waals surface area contributed by atoms with Crippen LogP contribution in [0.5, 0.6) is 0 Å². The number of hydrogen-bond acceptors (Lipinski definition) is 2. The van der Waals surface area contributed by atoms with Gasteiger partial charge in [0, 0.05) is 5.57 Å². The van der Waals surface area contributed by atoms with Crippen LogP contribution in [0.15, 0.2) is 36.5 Å². The Kier molecular flexibility index (Phi) is 7.98. The third kappa shape index (κ3) is 4.98. The van der Waals surface area contributed by atoms with Crippen LogP contribution >= 0.6 is 0 Å². The highest BCUT2D eigenvalue weighted by molar-refractivity contribution is 5.86. The van der Waals surface area contributed by atoms with E-state index < -0.39 is 5.97 Å². The Morgan fingerprint density at radius 3 is 1.92 bits per heavy atom. The standard InChI is InChI=1S/C10H14O2.H3N/c1-4-6-9(7-5-2)8(3)10(11)12;/h4-5H,1-2,6-7H2,3H3,(H,11,12);1H3. The molecule has 0 spiro atoms. The fourth-order valence-electron chi connectivity index (χ4n) is 0.889.